The lowest BCUT2D eigenvalue weighted by Crippen LogP contribution is -2.53. The van der Waals surface area contributed by atoms with E-state index in [0.717, 1.165) is 19.3 Å². The van der Waals surface area contributed by atoms with Crippen molar-refractivity contribution in [3.05, 3.63) is 0 Å². The van der Waals surface area contributed by atoms with E-state index in [-0.39, 0.29) is 12.6 Å². The topological polar surface area (TPSA) is 60.9 Å². The molecule has 2 fully saturated rings. The number of hydrogen-bond acceptors (Lipinski definition) is 3. The van der Waals surface area contributed by atoms with E-state index in [0.29, 0.717) is 25.4 Å². The second kappa shape index (κ2) is 6.52. The van der Waals surface area contributed by atoms with Crippen LogP contribution in [0.3, 0.4) is 0 Å². The van der Waals surface area contributed by atoms with Crippen molar-refractivity contribution < 1.29 is 13.5 Å². The van der Waals surface area contributed by atoms with Gasteiger partial charge < -0.3 is 5.11 Å². The van der Waals surface area contributed by atoms with Crippen molar-refractivity contribution in [2.45, 2.75) is 51.0 Å². The van der Waals surface area contributed by atoms with E-state index in [1.165, 1.54) is 23.6 Å². The van der Waals surface area contributed by atoms with Gasteiger partial charge in [-0.2, -0.15) is 17.0 Å². The Morgan fingerprint density at radius 1 is 1.21 bits per heavy atom. The van der Waals surface area contributed by atoms with Crippen molar-refractivity contribution >= 4 is 10.2 Å². The highest BCUT2D eigenvalue weighted by atomic mass is 32.2. The molecule has 0 aromatic carbocycles. The minimum absolute atomic E-state index is 0.0336. The van der Waals surface area contributed by atoms with Crippen LogP contribution < -0.4 is 0 Å². The standard InChI is InChI=1S/C13H26N2O3S/c1-14(9-5-11-16)19(17,18)15-10-4-7-12-6-2-3-8-13(12)15/h12-13,16H,2-11H2,1H3/t12-,13-/m1/s1. The summed E-state index contributed by atoms with van der Waals surface area (Å²) in [6.45, 7) is 1.09. The first-order chi connectivity index (χ1) is 9.07. The molecule has 0 radical (unpaired) electrons. The summed E-state index contributed by atoms with van der Waals surface area (Å²) < 4.78 is 28.4. The van der Waals surface area contributed by atoms with Crippen LogP contribution in [0, 0.1) is 5.92 Å². The summed E-state index contributed by atoms with van der Waals surface area (Å²) in [4.78, 5) is 0. The number of piperidine rings is 1. The molecule has 2 atom stereocenters. The Bertz CT molecular complexity index is 383. The van der Waals surface area contributed by atoms with Crippen molar-refractivity contribution in [2.24, 2.45) is 5.92 Å². The summed E-state index contributed by atoms with van der Waals surface area (Å²) in [5.74, 6) is 0.559. The molecule has 112 valence electrons. The van der Waals surface area contributed by atoms with Crippen molar-refractivity contribution in [3.8, 4) is 0 Å². The molecule has 0 bridgehead atoms. The predicted molar refractivity (Wildman–Crippen MR) is 74.9 cm³/mol. The third-order valence-electron chi connectivity index (χ3n) is 4.51. The third-order valence-corrected chi connectivity index (χ3v) is 6.53. The Morgan fingerprint density at radius 3 is 2.63 bits per heavy atom. The van der Waals surface area contributed by atoms with Gasteiger partial charge in [-0.1, -0.05) is 12.8 Å². The molecule has 19 heavy (non-hydrogen) atoms. The number of aliphatic hydroxyl groups excluding tert-OH is 1. The van der Waals surface area contributed by atoms with Gasteiger partial charge in [0.15, 0.2) is 0 Å². The fourth-order valence-electron chi connectivity index (χ4n) is 3.45. The number of aliphatic hydroxyl groups is 1. The fraction of sp³-hybridized carbons (Fsp3) is 1.00. The van der Waals surface area contributed by atoms with E-state index in [4.69, 9.17) is 5.11 Å². The van der Waals surface area contributed by atoms with Gasteiger partial charge in [-0.3, -0.25) is 0 Å². The normalized spacial score (nSPS) is 29.4. The fourth-order valence-corrected chi connectivity index (χ4v) is 5.15. The van der Waals surface area contributed by atoms with Gasteiger partial charge in [-0.05, 0) is 38.0 Å². The first-order valence-corrected chi connectivity index (χ1v) is 8.81. The molecule has 2 aliphatic rings. The Balaban J connectivity index is 2.09. The van der Waals surface area contributed by atoms with Crippen molar-refractivity contribution in [1.82, 2.24) is 8.61 Å². The number of fused-ring (bicyclic) bond motifs is 1. The highest BCUT2D eigenvalue weighted by Crippen LogP contribution is 2.37. The van der Waals surface area contributed by atoms with Crippen LogP contribution in [0.1, 0.15) is 44.9 Å². The second-order valence-corrected chi connectivity index (χ2v) is 7.76. The molecule has 0 amide bonds. The van der Waals surface area contributed by atoms with Gasteiger partial charge in [-0.15, -0.1) is 0 Å². The van der Waals surface area contributed by atoms with Gasteiger partial charge in [0.1, 0.15) is 0 Å². The lowest BCUT2D eigenvalue weighted by molar-refractivity contribution is 0.122. The quantitative estimate of drug-likeness (QED) is 0.827. The van der Waals surface area contributed by atoms with Crippen molar-refractivity contribution in [1.29, 1.82) is 0 Å². The number of hydrogen-bond donors (Lipinski definition) is 1. The van der Waals surface area contributed by atoms with Crippen molar-refractivity contribution in [2.75, 3.05) is 26.7 Å². The van der Waals surface area contributed by atoms with Gasteiger partial charge in [-0.25, -0.2) is 0 Å². The molecule has 0 aromatic rings. The van der Waals surface area contributed by atoms with Gasteiger partial charge >= 0.3 is 0 Å². The molecule has 5 nitrogen and oxygen atoms in total. The molecule has 2 rings (SSSR count). The maximum Gasteiger partial charge on any atom is 0.281 e. The van der Waals surface area contributed by atoms with Crippen LogP contribution in [0.25, 0.3) is 0 Å². The zero-order chi connectivity index (χ0) is 13.9. The van der Waals surface area contributed by atoms with Gasteiger partial charge in [0, 0.05) is 32.8 Å². The maximum absolute atomic E-state index is 12.6. The highest BCUT2D eigenvalue weighted by molar-refractivity contribution is 7.86. The molecule has 1 saturated carbocycles. The lowest BCUT2D eigenvalue weighted by atomic mass is 9.79. The predicted octanol–water partition coefficient (Wildman–Crippen LogP) is 1.20. The zero-order valence-electron chi connectivity index (χ0n) is 11.8. The molecule has 0 spiro atoms. The van der Waals surface area contributed by atoms with Crippen LogP contribution in [-0.2, 0) is 10.2 Å². The van der Waals surface area contributed by atoms with Crippen LogP contribution in [0.4, 0.5) is 0 Å². The van der Waals surface area contributed by atoms with E-state index < -0.39 is 10.2 Å². The molecular formula is C13H26N2O3S. The minimum atomic E-state index is -3.35. The van der Waals surface area contributed by atoms with Crippen LogP contribution >= 0.6 is 0 Å². The molecule has 1 aliphatic heterocycles. The van der Waals surface area contributed by atoms with Crippen molar-refractivity contribution in [3.63, 3.8) is 0 Å². The average molecular weight is 290 g/mol. The first-order valence-electron chi connectivity index (χ1n) is 7.41. The van der Waals surface area contributed by atoms with E-state index in [9.17, 15) is 8.42 Å². The summed E-state index contributed by atoms with van der Waals surface area (Å²) >= 11 is 0. The summed E-state index contributed by atoms with van der Waals surface area (Å²) in [5, 5.41) is 8.84. The number of rotatable bonds is 5. The van der Waals surface area contributed by atoms with Crippen LogP contribution in [0.15, 0.2) is 0 Å². The highest BCUT2D eigenvalue weighted by Gasteiger charge is 2.40. The summed E-state index contributed by atoms with van der Waals surface area (Å²) in [7, 11) is -1.73. The lowest BCUT2D eigenvalue weighted by Gasteiger charge is -2.44. The second-order valence-electron chi connectivity index (χ2n) is 5.77. The van der Waals surface area contributed by atoms with Gasteiger partial charge in [0.05, 0.1) is 0 Å². The minimum Gasteiger partial charge on any atom is -0.396 e. The molecule has 1 saturated heterocycles. The molecule has 1 aliphatic carbocycles. The molecule has 1 N–H and O–H groups in total. The Morgan fingerprint density at radius 2 is 1.89 bits per heavy atom. The largest absolute Gasteiger partial charge is 0.396 e. The number of nitrogens with zero attached hydrogens (tertiary/aromatic N) is 2. The van der Waals surface area contributed by atoms with Gasteiger partial charge in [0.25, 0.3) is 10.2 Å². The molecule has 1 heterocycles. The van der Waals surface area contributed by atoms with Crippen LogP contribution in [0.5, 0.6) is 0 Å². The zero-order valence-corrected chi connectivity index (χ0v) is 12.6. The average Bonchev–Trinajstić information content (AvgIpc) is 2.43. The summed E-state index contributed by atoms with van der Waals surface area (Å²) in [5.41, 5.74) is 0. The Labute approximate surface area is 116 Å². The van der Waals surface area contributed by atoms with Crippen LogP contribution in [0.2, 0.25) is 0 Å². The Kier molecular flexibility index (Phi) is 5.22. The molecular weight excluding hydrogens is 264 g/mol. The van der Waals surface area contributed by atoms with Gasteiger partial charge in [0.2, 0.25) is 0 Å². The third kappa shape index (κ3) is 3.29. The maximum atomic E-state index is 12.6. The smallest absolute Gasteiger partial charge is 0.281 e. The summed E-state index contributed by atoms with van der Waals surface area (Å²) in [6.07, 6.45) is 7.24. The summed E-state index contributed by atoms with van der Waals surface area (Å²) in [6, 6.07) is 0.212. The SMILES string of the molecule is CN(CCCO)S(=O)(=O)N1CCC[C@H]2CCCC[C@H]21. The van der Waals surface area contributed by atoms with E-state index >= 15 is 0 Å². The monoisotopic (exact) mass is 290 g/mol. The van der Waals surface area contributed by atoms with E-state index in [1.54, 1.807) is 11.4 Å². The van der Waals surface area contributed by atoms with Crippen LogP contribution in [-0.4, -0.2) is 54.9 Å². The molecule has 0 unspecified atom stereocenters. The van der Waals surface area contributed by atoms with E-state index in [1.807, 2.05) is 0 Å². The molecule has 6 heteroatoms. The van der Waals surface area contributed by atoms with E-state index in [2.05, 4.69) is 0 Å². The molecule has 0 aromatic heterocycles. The Hall–Kier alpha value is -0.170. The first kappa shape index (κ1) is 15.2.